The minimum absolute atomic E-state index is 0. The van der Waals surface area contributed by atoms with Gasteiger partial charge in [0.2, 0.25) is 5.56 Å². The number of hydrogen-bond acceptors (Lipinski definition) is 2. The van der Waals surface area contributed by atoms with Crippen molar-refractivity contribution in [3.63, 3.8) is 0 Å². The van der Waals surface area contributed by atoms with Crippen LogP contribution in [0.3, 0.4) is 0 Å². The highest BCUT2D eigenvalue weighted by Gasteiger charge is 2.03. The van der Waals surface area contributed by atoms with E-state index in [0.29, 0.717) is 5.15 Å². The van der Waals surface area contributed by atoms with Crippen LogP contribution >= 0.6 is 11.6 Å². The molecule has 2 aromatic heterocycles. The predicted octanol–water partition coefficient (Wildman–Crippen LogP) is -0.268. The number of halogens is 1. The molecule has 0 amide bonds. The molecule has 0 aliphatic rings. The lowest BCUT2D eigenvalue weighted by molar-refractivity contribution is 0.913. The van der Waals surface area contributed by atoms with Crippen LogP contribution < -0.4 is 11.0 Å². The summed E-state index contributed by atoms with van der Waals surface area (Å²) in [6, 6.07) is 3.23. The van der Waals surface area contributed by atoms with Gasteiger partial charge in [0, 0.05) is 27.0 Å². The first-order valence-corrected chi connectivity index (χ1v) is 4.38. The summed E-state index contributed by atoms with van der Waals surface area (Å²) in [6.45, 7) is 0. The van der Waals surface area contributed by atoms with Crippen molar-refractivity contribution in [2.24, 2.45) is 7.05 Å². The Balaban J connectivity index is 0.00000112. The van der Waals surface area contributed by atoms with E-state index in [1.165, 1.54) is 4.57 Å². The molecule has 0 spiro atoms. The molecule has 0 aromatic carbocycles. The fraction of sp³-hybridized carbons (Fsp3) is 0.111. The Morgan fingerprint density at radius 3 is 2.80 bits per heavy atom. The maximum Gasteiger partial charge on any atom is 0.243 e. The average molecular weight is 216 g/mol. The third kappa shape index (κ3) is 1.92. The molecule has 0 aliphatic heterocycles. The van der Waals surface area contributed by atoms with Gasteiger partial charge in [-0.25, -0.2) is 4.98 Å². The Kier molecular flexibility index (Phi) is 3.25. The Hall–Kier alpha value is -1.22. The van der Waals surface area contributed by atoms with Crippen LogP contribution in [0.1, 0.15) is 0 Å². The zero-order chi connectivity index (χ0) is 10.3. The first kappa shape index (κ1) is 11.9. The van der Waals surface area contributed by atoms with Crippen LogP contribution in [-0.4, -0.2) is 25.8 Å². The second-order valence-electron chi connectivity index (χ2n) is 3.03. The van der Waals surface area contributed by atoms with E-state index in [4.69, 9.17) is 19.4 Å². The number of aryl methyl sites for hydroxylation is 1. The topological polar surface area (TPSA) is 34.9 Å². The Morgan fingerprint density at radius 2 is 2.13 bits per heavy atom. The molecular formula is C9H7B2ClN2O. The second-order valence-corrected chi connectivity index (χ2v) is 3.42. The van der Waals surface area contributed by atoms with Crippen molar-refractivity contribution in [1.29, 1.82) is 0 Å². The van der Waals surface area contributed by atoms with Gasteiger partial charge < -0.3 is 4.57 Å². The van der Waals surface area contributed by atoms with Crippen molar-refractivity contribution < 1.29 is 0 Å². The molecule has 0 fully saturated rings. The normalized spacial score (nSPS) is 10.0. The molecule has 72 valence electrons. The average Bonchev–Trinajstić information content (AvgIpc) is 2.16. The summed E-state index contributed by atoms with van der Waals surface area (Å²) in [5, 5.41) is 1.16. The molecule has 15 heavy (non-hydrogen) atoms. The summed E-state index contributed by atoms with van der Waals surface area (Å²) in [5.74, 6) is 0. The van der Waals surface area contributed by atoms with Gasteiger partial charge in [-0.05, 0) is 11.5 Å². The van der Waals surface area contributed by atoms with Gasteiger partial charge in [-0.1, -0.05) is 17.7 Å². The number of nitrogens with zero attached hydrogens (tertiary/aromatic N) is 2. The summed E-state index contributed by atoms with van der Waals surface area (Å²) in [6.07, 6.45) is 1.59. The van der Waals surface area contributed by atoms with Crippen molar-refractivity contribution in [2.75, 3.05) is 0 Å². The molecular weight excluding hydrogens is 209 g/mol. The van der Waals surface area contributed by atoms with Gasteiger partial charge in [0.15, 0.2) is 0 Å². The van der Waals surface area contributed by atoms with Gasteiger partial charge in [0.1, 0.15) is 13.0 Å². The van der Waals surface area contributed by atoms with Gasteiger partial charge in [-0.3, -0.25) is 4.79 Å². The predicted molar refractivity (Wildman–Crippen MR) is 64.5 cm³/mol. The monoisotopic (exact) mass is 216 g/mol. The molecule has 2 aromatic rings. The van der Waals surface area contributed by atoms with E-state index < -0.39 is 0 Å². The van der Waals surface area contributed by atoms with E-state index in [9.17, 15) is 4.79 Å². The van der Waals surface area contributed by atoms with Gasteiger partial charge >= 0.3 is 0 Å². The molecule has 3 nitrogen and oxygen atoms in total. The van der Waals surface area contributed by atoms with E-state index in [1.807, 2.05) is 0 Å². The molecule has 0 saturated carbocycles. The second kappa shape index (κ2) is 4.11. The molecule has 0 aliphatic carbocycles. The molecule has 0 atom stereocenters. The van der Waals surface area contributed by atoms with Crippen LogP contribution in [0.2, 0.25) is 5.15 Å². The number of hydrogen-bond donors (Lipinski definition) is 0. The van der Waals surface area contributed by atoms with Crippen LogP contribution in [0.4, 0.5) is 0 Å². The molecule has 0 unspecified atom stereocenters. The molecule has 0 saturated heterocycles. The van der Waals surface area contributed by atoms with E-state index in [1.54, 1.807) is 25.4 Å². The first-order chi connectivity index (χ1) is 6.59. The third-order valence-electron chi connectivity index (χ3n) is 2.10. The van der Waals surface area contributed by atoms with Crippen molar-refractivity contribution in [3.8, 4) is 0 Å². The highest BCUT2D eigenvalue weighted by atomic mass is 35.5. The number of fused-ring (bicyclic) bond motifs is 1. The first-order valence-electron chi connectivity index (χ1n) is 4.00. The van der Waals surface area contributed by atoms with E-state index >= 15 is 0 Å². The van der Waals surface area contributed by atoms with E-state index in [0.717, 1.165) is 10.9 Å². The van der Waals surface area contributed by atoms with Crippen LogP contribution in [0.25, 0.3) is 10.9 Å². The number of pyridine rings is 2. The zero-order valence-corrected chi connectivity index (χ0v) is 8.95. The summed E-state index contributed by atoms with van der Waals surface area (Å²) in [7, 11) is 7.18. The van der Waals surface area contributed by atoms with Crippen LogP contribution in [-0.2, 0) is 7.05 Å². The SMILES string of the molecule is [BH].[B]c1cc2cnc(Cl)cc2n(C)c1=O. The van der Waals surface area contributed by atoms with Crippen molar-refractivity contribution in [2.45, 2.75) is 0 Å². The van der Waals surface area contributed by atoms with Crippen molar-refractivity contribution in [1.82, 2.24) is 9.55 Å². The number of aromatic nitrogens is 2. The van der Waals surface area contributed by atoms with Crippen LogP contribution in [0.15, 0.2) is 23.1 Å². The lowest BCUT2D eigenvalue weighted by Gasteiger charge is -2.05. The molecule has 0 bridgehead atoms. The van der Waals surface area contributed by atoms with E-state index in [2.05, 4.69) is 4.98 Å². The smallest absolute Gasteiger partial charge is 0.243 e. The van der Waals surface area contributed by atoms with Gasteiger partial charge in [0.25, 0.3) is 0 Å². The minimum atomic E-state index is -0.222. The molecule has 2 rings (SSSR count). The molecule has 2 heterocycles. The van der Waals surface area contributed by atoms with Gasteiger partial charge in [0.05, 0.1) is 5.52 Å². The maximum absolute atomic E-state index is 11.5. The summed E-state index contributed by atoms with van der Waals surface area (Å²) >= 11 is 5.73. The standard InChI is InChI=1S/C9H6BClN2O.BH/c1-13-7-3-8(11)12-4-5(7)2-6(10)9(13)14;/h2-4H,1H3;1H. The quantitative estimate of drug-likeness (QED) is 0.449. The van der Waals surface area contributed by atoms with Crippen LogP contribution in [0.5, 0.6) is 0 Å². The van der Waals surface area contributed by atoms with Gasteiger partial charge in [-0.2, -0.15) is 0 Å². The van der Waals surface area contributed by atoms with Gasteiger partial charge in [-0.15, -0.1) is 0 Å². The maximum atomic E-state index is 11.5. The third-order valence-corrected chi connectivity index (χ3v) is 2.31. The summed E-state index contributed by atoms with van der Waals surface area (Å²) in [5.41, 5.74) is 0.716. The lowest BCUT2D eigenvalue weighted by atomic mass is 9.97. The van der Waals surface area contributed by atoms with Crippen LogP contribution in [0, 0.1) is 0 Å². The molecule has 4 radical (unpaired) electrons. The zero-order valence-electron chi connectivity index (χ0n) is 8.20. The summed E-state index contributed by atoms with van der Waals surface area (Å²) < 4.78 is 1.46. The molecule has 0 N–H and O–H groups in total. The number of rotatable bonds is 0. The highest BCUT2D eigenvalue weighted by Crippen LogP contribution is 2.13. The summed E-state index contributed by atoms with van der Waals surface area (Å²) in [4.78, 5) is 15.4. The highest BCUT2D eigenvalue weighted by molar-refractivity contribution is 6.33. The van der Waals surface area contributed by atoms with Crippen molar-refractivity contribution in [3.05, 3.63) is 33.8 Å². The fourth-order valence-corrected chi connectivity index (χ4v) is 1.52. The minimum Gasteiger partial charge on any atom is -0.312 e. The van der Waals surface area contributed by atoms with Crippen molar-refractivity contribution >= 4 is 44.2 Å². The largest absolute Gasteiger partial charge is 0.312 e. The Bertz CT molecular complexity index is 568. The molecule has 6 heteroatoms. The lowest BCUT2D eigenvalue weighted by Crippen LogP contribution is -2.32. The fourth-order valence-electron chi connectivity index (χ4n) is 1.36. The Morgan fingerprint density at radius 1 is 1.47 bits per heavy atom. The van der Waals surface area contributed by atoms with E-state index in [-0.39, 0.29) is 19.4 Å². The Labute approximate surface area is 95.1 Å².